The molecule has 0 spiro atoms. The Morgan fingerprint density at radius 1 is 1.17 bits per heavy atom. The normalized spacial score (nSPS) is 11.0. The van der Waals surface area contributed by atoms with E-state index in [0.29, 0.717) is 0 Å². The maximum atomic E-state index is 5.22. The van der Waals surface area contributed by atoms with Gasteiger partial charge in [0, 0.05) is 13.2 Å². The van der Waals surface area contributed by atoms with Crippen molar-refractivity contribution in [2.24, 2.45) is 5.92 Å². The molecule has 0 saturated carbocycles. The van der Waals surface area contributed by atoms with Crippen molar-refractivity contribution in [3.63, 3.8) is 0 Å². The molecule has 2 nitrogen and oxygen atoms in total. The molecule has 0 aliphatic heterocycles. The number of nitrogens with one attached hydrogen (secondary N) is 1. The van der Waals surface area contributed by atoms with E-state index in [1.165, 1.54) is 12.8 Å². The summed E-state index contributed by atoms with van der Waals surface area (Å²) in [6.07, 6.45) is 2.55. The Kier molecular flexibility index (Phi) is 8.95. The Morgan fingerprint density at radius 2 is 1.83 bits per heavy atom. The number of rotatable bonds is 8. The summed E-state index contributed by atoms with van der Waals surface area (Å²) in [4.78, 5) is 0. The third kappa shape index (κ3) is 6.62. The highest BCUT2D eigenvalue weighted by atomic mass is 16.5. The molecule has 0 fully saturated rings. The summed E-state index contributed by atoms with van der Waals surface area (Å²) in [7, 11) is 0. The van der Waals surface area contributed by atoms with Crippen LogP contribution in [0, 0.1) is 5.92 Å². The maximum absolute atomic E-state index is 5.22. The van der Waals surface area contributed by atoms with Gasteiger partial charge in [0.2, 0.25) is 0 Å². The van der Waals surface area contributed by atoms with Gasteiger partial charge in [0.05, 0.1) is 6.61 Å². The predicted molar refractivity (Wildman–Crippen MR) is 53.4 cm³/mol. The highest BCUT2D eigenvalue weighted by Crippen LogP contribution is 2.04. The molecule has 0 aromatic rings. The fraction of sp³-hybridized carbons (Fsp3) is 1.00. The van der Waals surface area contributed by atoms with Gasteiger partial charge in [-0.15, -0.1) is 0 Å². The van der Waals surface area contributed by atoms with Gasteiger partial charge in [0.1, 0.15) is 0 Å². The minimum atomic E-state index is 0.826. The Hall–Kier alpha value is -0.0800. The summed E-state index contributed by atoms with van der Waals surface area (Å²) in [5.41, 5.74) is 0. The smallest absolute Gasteiger partial charge is 0.0590 e. The van der Waals surface area contributed by atoms with Gasteiger partial charge in [-0.3, -0.25) is 0 Å². The van der Waals surface area contributed by atoms with Crippen LogP contribution in [-0.4, -0.2) is 26.3 Å². The summed E-state index contributed by atoms with van der Waals surface area (Å²) in [6, 6.07) is 0. The summed E-state index contributed by atoms with van der Waals surface area (Å²) in [6.45, 7) is 10.3. The van der Waals surface area contributed by atoms with E-state index in [1.807, 2.05) is 6.92 Å². The molecule has 0 aromatic heterocycles. The van der Waals surface area contributed by atoms with E-state index in [1.54, 1.807) is 0 Å². The first kappa shape index (κ1) is 11.9. The Labute approximate surface area is 76.7 Å². The first-order chi connectivity index (χ1) is 5.85. The van der Waals surface area contributed by atoms with Gasteiger partial charge >= 0.3 is 0 Å². The van der Waals surface area contributed by atoms with Crippen molar-refractivity contribution in [2.45, 2.75) is 33.6 Å². The van der Waals surface area contributed by atoms with E-state index >= 15 is 0 Å². The zero-order valence-electron chi connectivity index (χ0n) is 8.73. The van der Waals surface area contributed by atoms with Crippen LogP contribution >= 0.6 is 0 Å². The molecule has 0 unspecified atom stereocenters. The van der Waals surface area contributed by atoms with Gasteiger partial charge in [-0.25, -0.2) is 0 Å². The molecule has 0 amide bonds. The van der Waals surface area contributed by atoms with Crippen molar-refractivity contribution >= 4 is 0 Å². The van der Waals surface area contributed by atoms with E-state index in [9.17, 15) is 0 Å². The van der Waals surface area contributed by atoms with Gasteiger partial charge < -0.3 is 10.1 Å². The summed E-state index contributed by atoms with van der Waals surface area (Å²) in [5.74, 6) is 0.839. The zero-order chi connectivity index (χ0) is 9.23. The van der Waals surface area contributed by atoms with Crippen molar-refractivity contribution in [1.29, 1.82) is 0 Å². The predicted octanol–water partition coefficient (Wildman–Crippen LogP) is 2.05. The van der Waals surface area contributed by atoms with E-state index in [-0.39, 0.29) is 0 Å². The highest BCUT2D eigenvalue weighted by molar-refractivity contribution is 4.57. The molecule has 0 aliphatic rings. The van der Waals surface area contributed by atoms with E-state index in [4.69, 9.17) is 4.74 Å². The van der Waals surface area contributed by atoms with Crippen LogP contribution in [0.5, 0.6) is 0 Å². The van der Waals surface area contributed by atoms with Crippen LogP contribution in [0.15, 0.2) is 0 Å². The Bertz CT molecular complexity index is 81.9. The Balaban J connectivity index is 3.06. The van der Waals surface area contributed by atoms with Crippen molar-refractivity contribution in [2.75, 3.05) is 26.3 Å². The second-order valence-electron chi connectivity index (χ2n) is 3.08. The van der Waals surface area contributed by atoms with Crippen LogP contribution in [0.1, 0.15) is 33.6 Å². The molecule has 0 atom stereocenters. The van der Waals surface area contributed by atoms with Gasteiger partial charge in [0.15, 0.2) is 0 Å². The summed E-state index contributed by atoms with van der Waals surface area (Å²) >= 11 is 0. The molecule has 0 heterocycles. The first-order valence-corrected chi connectivity index (χ1v) is 5.13. The lowest BCUT2D eigenvalue weighted by Crippen LogP contribution is -2.25. The molecule has 2 heteroatoms. The quantitative estimate of drug-likeness (QED) is 0.567. The third-order valence-corrected chi connectivity index (χ3v) is 2.22. The van der Waals surface area contributed by atoms with E-state index in [2.05, 4.69) is 19.2 Å². The SMILES string of the molecule is CCOCCNCC(CC)CC. The largest absolute Gasteiger partial charge is 0.380 e. The fourth-order valence-electron chi connectivity index (χ4n) is 1.17. The molecule has 74 valence electrons. The first-order valence-electron chi connectivity index (χ1n) is 5.13. The second kappa shape index (κ2) is 9.01. The Morgan fingerprint density at radius 3 is 2.33 bits per heavy atom. The standard InChI is InChI=1S/C10H23NO/c1-4-10(5-2)9-11-7-8-12-6-3/h10-11H,4-9H2,1-3H3. The number of hydrogen-bond acceptors (Lipinski definition) is 2. The molecular formula is C10H23NO. The lowest BCUT2D eigenvalue weighted by molar-refractivity contribution is 0.148. The minimum Gasteiger partial charge on any atom is -0.380 e. The van der Waals surface area contributed by atoms with Crippen LogP contribution < -0.4 is 5.32 Å². The summed E-state index contributed by atoms with van der Waals surface area (Å²) < 4.78 is 5.22. The van der Waals surface area contributed by atoms with Crippen molar-refractivity contribution in [3.8, 4) is 0 Å². The van der Waals surface area contributed by atoms with Gasteiger partial charge in [-0.1, -0.05) is 26.7 Å². The maximum Gasteiger partial charge on any atom is 0.0590 e. The average molecular weight is 173 g/mol. The molecule has 0 radical (unpaired) electrons. The molecule has 12 heavy (non-hydrogen) atoms. The average Bonchev–Trinajstić information content (AvgIpc) is 2.11. The third-order valence-electron chi connectivity index (χ3n) is 2.22. The van der Waals surface area contributed by atoms with E-state index in [0.717, 1.165) is 32.2 Å². The van der Waals surface area contributed by atoms with Gasteiger partial charge in [0.25, 0.3) is 0 Å². The lowest BCUT2D eigenvalue weighted by atomic mass is 10.0. The minimum absolute atomic E-state index is 0.826. The molecule has 0 bridgehead atoms. The molecule has 0 saturated heterocycles. The van der Waals surface area contributed by atoms with Crippen LogP contribution in [0.3, 0.4) is 0 Å². The van der Waals surface area contributed by atoms with E-state index < -0.39 is 0 Å². The van der Waals surface area contributed by atoms with Crippen LogP contribution in [0.4, 0.5) is 0 Å². The van der Waals surface area contributed by atoms with Crippen molar-refractivity contribution < 1.29 is 4.74 Å². The van der Waals surface area contributed by atoms with Crippen molar-refractivity contribution in [3.05, 3.63) is 0 Å². The van der Waals surface area contributed by atoms with Crippen LogP contribution in [0.2, 0.25) is 0 Å². The fourth-order valence-corrected chi connectivity index (χ4v) is 1.17. The lowest BCUT2D eigenvalue weighted by Gasteiger charge is -2.12. The molecule has 0 aliphatic carbocycles. The van der Waals surface area contributed by atoms with Crippen molar-refractivity contribution in [1.82, 2.24) is 5.32 Å². The van der Waals surface area contributed by atoms with Gasteiger partial charge in [-0.05, 0) is 19.4 Å². The number of hydrogen-bond donors (Lipinski definition) is 1. The number of ether oxygens (including phenoxy) is 1. The summed E-state index contributed by atoms with van der Waals surface area (Å²) in [5, 5.41) is 3.40. The monoisotopic (exact) mass is 173 g/mol. The molecule has 0 rings (SSSR count). The molecule has 0 aromatic carbocycles. The molecular weight excluding hydrogens is 150 g/mol. The molecule has 1 N–H and O–H groups in total. The highest BCUT2D eigenvalue weighted by Gasteiger charge is 2.00. The topological polar surface area (TPSA) is 21.3 Å². The van der Waals surface area contributed by atoms with Crippen LogP contribution in [-0.2, 0) is 4.74 Å². The zero-order valence-corrected chi connectivity index (χ0v) is 8.73. The second-order valence-corrected chi connectivity index (χ2v) is 3.08. The van der Waals surface area contributed by atoms with Crippen LogP contribution in [0.25, 0.3) is 0 Å². The van der Waals surface area contributed by atoms with Gasteiger partial charge in [-0.2, -0.15) is 0 Å².